The number of benzene rings is 1. The molecule has 0 amide bonds. The Bertz CT molecular complexity index is 367. The molecule has 2 aliphatic carbocycles. The molecule has 4 rings (SSSR count). The van der Waals surface area contributed by atoms with Crippen LogP contribution in [0.5, 0.6) is 0 Å². The minimum atomic E-state index is -0.760. The van der Waals surface area contributed by atoms with Crippen molar-refractivity contribution < 1.29 is 9.90 Å². The number of aliphatic carboxylic acids is 1. The molecule has 0 atom stereocenters. The van der Waals surface area contributed by atoms with Gasteiger partial charge in [-0.1, -0.05) is 24.3 Å². The molecular formula is C12H16N2O2S. The molecule has 3 aliphatic rings. The van der Waals surface area contributed by atoms with Crippen LogP contribution in [0.3, 0.4) is 0 Å². The maximum atomic E-state index is 10.2. The zero-order valence-corrected chi connectivity index (χ0v) is 10.4. The number of carboxylic acids is 1. The van der Waals surface area contributed by atoms with Crippen LogP contribution in [-0.4, -0.2) is 40.9 Å². The number of carbonyl (C=O) groups is 1. The summed E-state index contributed by atoms with van der Waals surface area (Å²) in [6, 6.07) is 8.65. The average Bonchev–Trinajstić information content (AvgIpc) is 2.30. The van der Waals surface area contributed by atoms with Gasteiger partial charge in [0.15, 0.2) is 0 Å². The van der Waals surface area contributed by atoms with E-state index in [0.717, 1.165) is 11.8 Å². The molecule has 4 nitrogen and oxygen atoms in total. The standard InChI is InChI=1S/C7H6.C5H10N2O2S/c1-2-6-4-7(3-1)5-6;8-5(9)1-7-2-6-3-10-4-7/h1-4H,5H2;6H,1-4H2,(H,8,9). The van der Waals surface area contributed by atoms with Gasteiger partial charge in [-0.15, -0.1) is 11.8 Å². The Labute approximate surface area is 105 Å². The molecule has 5 heteroatoms. The third kappa shape index (κ3) is 4.03. The third-order valence-electron chi connectivity index (χ3n) is 2.57. The molecule has 0 spiro atoms. The first-order chi connectivity index (χ1) is 8.24. The predicted octanol–water partition coefficient (Wildman–Crippen LogP) is 1.17. The van der Waals surface area contributed by atoms with E-state index in [9.17, 15) is 4.79 Å². The van der Waals surface area contributed by atoms with E-state index in [1.54, 1.807) is 11.8 Å². The van der Waals surface area contributed by atoms with Gasteiger partial charge >= 0.3 is 5.97 Å². The van der Waals surface area contributed by atoms with Crippen LogP contribution in [0.4, 0.5) is 0 Å². The van der Waals surface area contributed by atoms with Crippen LogP contribution >= 0.6 is 11.8 Å². The second-order valence-corrected chi connectivity index (χ2v) is 5.06. The first kappa shape index (κ1) is 12.4. The molecule has 17 heavy (non-hydrogen) atoms. The summed E-state index contributed by atoms with van der Waals surface area (Å²) in [4.78, 5) is 12.0. The largest absolute Gasteiger partial charge is 0.480 e. The van der Waals surface area contributed by atoms with Crippen molar-refractivity contribution in [2.75, 3.05) is 25.0 Å². The Morgan fingerprint density at radius 1 is 1.47 bits per heavy atom. The van der Waals surface area contributed by atoms with Crippen LogP contribution in [0.1, 0.15) is 11.1 Å². The van der Waals surface area contributed by atoms with E-state index in [4.69, 9.17) is 5.11 Å². The number of nitrogens with zero attached hydrogens (tertiary/aromatic N) is 1. The minimum absolute atomic E-state index is 0.139. The van der Waals surface area contributed by atoms with E-state index in [-0.39, 0.29) is 6.54 Å². The first-order valence-corrected chi connectivity index (χ1v) is 6.70. The molecular weight excluding hydrogens is 236 g/mol. The number of carboxylic acid groups (broad SMARTS) is 1. The fourth-order valence-corrected chi connectivity index (χ4v) is 2.51. The lowest BCUT2D eigenvalue weighted by atomic mass is 9.94. The van der Waals surface area contributed by atoms with Crippen molar-refractivity contribution in [1.82, 2.24) is 10.2 Å². The van der Waals surface area contributed by atoms with Crippen molar-refractivity contribution >= 4 is 17.7 Å². The highest BCUT2D eigenvalue weighted by Gasteiger charge is 2.11. The number of rotatable bonds is 2. The lowest BCUT2D eigenvalue weighted by Crippen LogP contribution is -2.41. The highest BCUT2D eigenvalue weighted by atomic mass is 32.2. The predicted molar refractivity (Wildman–Crippen MR) is 68.9 cm³/mol. The molecule has 2 N–H and O–H groups in total. The third-order valence-corrected chi connectivity index (χ3v) is 3.53. The normalized spacial score (nSPS) is 17.6. The maximum Gasteiger partial charge on any atom is 0.317 e. The molecule has 1 heterocycles. The number of thioether (sulfide) groups is 1. The first-order valence-electron chi connectivity index (χ1n) is 5.54. The van der Waals surface area contributed by atoms with Crippen LogP contribution in [0.2, 0.25) is 0 Å². The molecule has 1 aromatic rings. The Balaban J connectivity index is 0.000000134. The fraction of sp³-hybridized carbons (Fsp3) is 0.417. The summed E-state index contributed by atoms with van der Waals surface area (Å²) < 4.78 is 0. The van der Waals surface area contributed by atoms with E-state index in [1.165, 1.54) is 17.5 Å². The lowest BCUT2D eigenvalue weighted by molar-refractivity contribution is -0.138. The molecule has 1 saturated heterocycles. The molecule has 0 unspecified atom stereocenters. The number of nitrogens with one attached hydrogen (secondary N) is 1. The van der Waals surface area contributed by atoms with Gasteiger partial charge in [0.1, 0.15) is 0 Å². The van der Waals surface area contributed by atoms with Gasteiger partial charge in [-0.3, -0.25) is 15.0 Å². The zero-order chi connectivity index (χ0) is 12.1. The molecule has 1 aliphatic heterocycles. The van der Waals surface area contributed by atoms with E-state index in [2.05, 4.69) is 29.6 Å². The van der Waals surface area contributed by atoms with Crippen molar-refractivity contribution in [3.8, 4) is 0 Å². The van der Waals surface area contributed by atoms with Crippen molar-refractivity contribution in [2.45, 2.75) is 6.42 Å². The molecule has 2 bridgehead atoms. The van der Waals surface area contributed by atoms with Gasteiger partial charge < -0.3 is 5.11 Å². The van der Waals surface area contributed by atoms with Gasteiger partial charge in [0.25, 0.3) is 0 Å². The number of fused-ring (bicyclic) bond motifs is 2. The lowest BCUT2D eigenvalue weighted by Gasteiger charge is -2.24. The topological polar surface area (TPSA) is 52.6 Å². The second-order valence-electron chi connectivity index (χ2n) is 4.11. The fourth-order valence-electron chi connectivity index (χ4n) is 1.74. The zero-order valence-electron chi connectivity index (χ0n) is 9.56. The Morgan fingerprint density at radius 3 is 2.53 bits per heavy atom. The summed E-state index contributed by atoms with van der Waals surface area (Å²) in [6.45, 7) is 0.833. The summed E-state index contributed by atoms with van der Waals surface area (Å²) >= 11 is 1.70. The van der Waals surface area contributed by atoms with E-state index >= 15 is 0 Å². The Morgan fingerprint density at radius 2 is 2.18 bits per heavy atom. The van der Waals surface area contributed by atoms with Gasteiger partial charge in [0.05, 0.1) is 13.2 Å². The summed E-state index contributed by atoms with van der Waals surface area (Å²) in [5, 5.41) is 11.5. The maximum absolute atomic E-state index is 10.2. The van der Waals surface area contributed by atoms with E-state index < -0.39 is 5.97 Å². The smallest absolute Gasteiger partial charge is 0.317 e. The van der Waals surface area contributed by atoms with Crippen LogP contribution in [0, 0.1) is 0 Å². The van der Waals surface area contributed by atoms with Gasteiger partial charge in [0.2, 0.25) is 0 Å². The monoisotopic (exact) mass is 252 g/mol. The number of hydrogen-bond acceptors (Lipinski definition) is 4. The average molecular weight is 252 g/mol. The summed E-state index contributed by atoms with van der Waals surface area (Å²) in [7, 11) is 0. The highest BCUT2D eigenvalue weighted by Crippen LogP contribution is 2.18. The van der Waals surface area contributed by atoms with Crippen molar-refractivity contribution in [3.05, 3.63) is 35.4 Å². The summed E-state index contributed by atoms with van der Waals surface area (Å²) in [5.41, 5.74) is 2.97. The Kier molecular flexibility index (Phi) is 4.42. The summed E-state index contributed by atoms with van der Waals surface area (Å²) in [5.74, 6) is 0.986. The van der Waals surface area contributed by atoms with Gasteiger partial charge in [-0.25, -0.2) is 0 Å². The number of hydrogen-bond donors (Lipinski definition) is 2. The SMILES string of the molecule is O=C(O)CN1CNCSC1.c1cc2cc(c1)C2. The van der Waals surface area contributed by atoms with Crippen LogP contribution in [0.25, 0.3) is 0 Å². The van der Waals surface area contributed by atoms with Gasteiger partial charge in [-0.05, 0) is 17.5 Å². The quantitative estimate of drug-likeness (QED) is 0.840. The summed E-state index contributed by atoms with van der Waals surface area (Å²) in [6.07, 6.45) is 1.22. The van der Waals surface area contributed by atoms with Crippen molar-refractivity contribution in [1.29, 1.82) is 0 Å². The second kappa shape index (κ2) is 6.05. The van der Waals surface area contributed by atoms with Crippen LogP contribution < -0.4 is 5.32 Å². The minimum Gasteiger partial charge on any atom is -0.480 e. The van der Waals surface area contributed by atoms with Crippen molar-refractivity contribution in [3.63, 3.8) is 0 Å². The van der Waals surface area contributed by atoms with E-state index in [1.807, 2.05) is 4.90 Å². The van der Waals surface area contributed by atoms with Crippen LogP contribution in [0.15, 0.2) is 24.3 Å². The molecule has 0 saturated carbocycles. The van der Waals surface area contributed by atoms with E-state index in [0.29, 0.717) is 6.67 Å². The molecule has 1 fully saturated rings. The van der Waals surface area contributed by atoms with Gasteiger partial charge in [0, 0.05) is 11.8 Å². The molecule has 0 radical (unpaired) electrons. The van der Waals surface area contributed by atoms with Gasteiger partial charge in [-0.2, -0.15) is 0 Å². The van der Waals surface area contributed by atoms with Crippen LogP contribution in [-0.2, 0) is 11.2 Å². The van der Waals surface area contributed by atoms with Crippen molar-refractivity contribution in [2.24, 2.45) is 0 Å². The Hall–Kier alpha value is -1.04. The molecule has 0 aromatic heterocycles. The molecule has 1 aromatic carbocycles. The molecule has 92 valence electrons. The highest BCUT2D eigenvalue weighted by molar-refractivity contribution is 7.99.